The van der Waals surface area contributed by atoms with Gasteiger partial charge in [0.2, 0.25) is 5.95 Å². The van der Waals surface area contributed by atoms with Crippen molar-refractivity contribution in [2.75, 3.05) is 24.2 Å². The van der Waals surface area contributed by atoms with Crippen molar-refractivity contribution in [1.29, 1.82) is 0 Å². The summed E-state index contributed by atoms with van der Waals surface area (Å²) < 4.78 is 41.6. The SMILES string of the molecule is CCCCNc1nc2c(N)ncnc2n1C1OC(COP(=O)(O)OP(=O)(O)O[P+]([O-])([O-])[O-])C(O)C1O. The van der Waals surface area contributed by atoms with Crippen molar-refractivity contribution >= 4 is 46.7 Å². The van der Waals surface area contributed by atoms with Crippen LogP contribution >= 0.6 is 23.8 Å². The average Bonchev–Trinajstić information content (AvgIpc) is 3.22. The van der Waals surface area contributed by atoms with Crippen LogP contribution in [0.1, 0.15) is 26.0 Å². The van der Waals surface area contributed by atoms with Crippen LogP contribution in [0.4, 0.5) is 11.8 Å². The van der Waals surface area contributed by atoms with Gasteiger partial charge >= 0.3 is 15.6 Å². The van der Waals surface area contributed by atoms with Gasteiger partial charge in [-0.1, -0.05) is 13.3 Å². The monoisotopic (exact) mass is 576 g/mol. The highest BCUT2D eigenvalue weighted by molar-refractivity contribution is 7.67. The van der Waals surface area contributed by atoms with Crippen LogP contribution in [0.15, 0.2) is 6.33 Å². The van der Waals surface area contributed by atoms with Gasteiger partial charge in [0.15, 0.2) is 23.2 Å². The topological polar surface area (TPSA) is 303 Å². The molecule has 36 heavy (non-hydrogen) atoms. The maximum atomic E-state index is 11.9. The van der Waals surface area contributed by atoms with E-state index in [4.69, 9.17) is 15.4 Å². The van der Waals surface area contributed by atoms with Gasteiger partial charge in [-0.2, -0.15) is 4.31 Å². The number of phosphoric acid groups is 3. The molecule has 2 aromatic heterocycles. The molecule has 3 rings (SSSR count). The summed E-state index contributed by atoms with van der Waals surface area (Å²) in [6.07, 6.45) is -3.51. The van der Waals surface area contributed by atoms with E-state index in [1.807, 2.05) is 6.92 Å². The number of aliphatic hydroxyl groups is 2. The van der Waals surface area contributed by atoms with E-state index in [0.717, 1.165) is 19.2 Å². The van der Waals surface area contributed by atoms with Gasteiger partial charge in [0.05, 0.1) is 6.61 Å². The van der Waals surface area contributed by atoms with Crippen LogP contribution in [-0.4, -0.2) is 71.0 Å². The third-order valence-corrected chi connectivity index (χ3v) is 8.47. The lowest BCUT2D eigenvalue weighted by molar-refractivity contribution is -0.450. The van der Waals surface area contributed by atoms with Crippen LogP contribution < -0.4 is 25.7 Å². The Hall–Kier alpha value is -1.40. The van der Waals surface area contributed by atoms with Gasteiger partial charge in [0.25, 0.3) is 0 Å². The van der Waals surface area contributed by atoms with Gasteiger partial charge in [-0.05, 0) is 6.42 Å². The predicted octanol–water partition coefficient (Wildman–Crippen LogP) is -2.75. The molecule has 1 fully saturated rings. The molecule has 19 nitrogen and oxygen atoms in total. The normalized spacial score (nSPS) is 26.1. The summed E-state index contributed by atoms with van der Waals surface area (Å²) in [5.41, 5.74) is 6.16. The molecule has 1 saturated heterocycles. The summed E-state index contributed by atoms with van der Waals surface area (Å²) in [6, 6.07) is 0. The molecule has 1 aliphatic rings. The fourth-order valence-corrected chi connectivity index (χ4v) is 6.18. The van der Waals surface area contributed by atoms with E-state index in [-0.39, 0.29) is 22.9 Å². The minimum absolute atomic E-state index is 0.0277. The number of rotatable bonds is 12. The molecule has 1 aliphatic heterocycles. The Kier molecular flexibility index (Phi) is 9.03. The Bertz CT molecular complexity index is 1160. The molecule has 0 bridgehead atoms. The molecule has 0 saturated carbocycles. The second-order valence-corrected chi connectivity index (χ2v) is 11.7. The first-order valence-corrected chi connectivity index (χ1v) is 14.6. The first-order valence-electron chi connectivity index (χ1n) is 10.1. The van der Waals surface area contributed by atoms with Crippen molar-refractivity contribution in [2.24, 2.45) is 0 Å². The lowest BCUT2D eigenvalue weighted by Crippen LogP contribution is -2.34. The largest absolute Gasteiger partial charge is 0.663 e. The molecule has 22 heteroatoms. The third-order valence-electron chi connectivity index (χ3n) is 4.72. The maximum absolute atomic E-state index is 11.9. The fourth-order valence-electron chi connectivity index (χ4n) is 3.21. The number of nitrogens with zero attached hydrogens (tertiary/aromatic N) is 4. The van der Waals surface area contributed by atoms with E-state index < -0.39 is 55.0 Å². The number of imidazole rings is 1. The number of nitrogen functional groups attached to an aromatic ring is 1. The third kappa shape index (κ3) is 7.12. The van der Waals surface area contributed by atoms with Gasteiger partial charge in [0.1, 0.15) is 24.6 Å². The van der Waals surface area contributed by atoms with Crippen LogP contribution in [0.25, 0.3) is 11.2 Å². The summed E-state index contributed by atoms with van der Waals surface area (Å²) in [6.45, 7) is 1.43. The number of fused-ring (bicyclic) bond motifs is 1. The average molecular weight is 576 g/mol. The predicted molar refractivity (Wildman–Crippen MR) is 114 cm³/mol. The minimum atomic E-state index is -6.06. The number of hydrogen-bond donors (Lipinski definition) is 6. The smallest absolute Gasteiger partial charge is 0.513 e. The van der Waals surface area contributed by atoms with Crippen LogP contribution in [0.2, 0.25) is 0 Å². The summed E-state index contributed by atoms with van der Waals surface area (Å²) in [4.78, 5) is 62.4. The standard InChI is InChI=1S/C14H25N6O13P3/c1-2-3-4-16-14-19-8-11(15)17-6-18-12(8)20(14)13-10(22)9(21)7(31-13)5-30-35(26,27)33-36(28,29)32-34(23,24)25/h6-7,9-10,13,21-22H,2-5H2,1H3,(H,16,19)(H,26,27)(H,28,29)(H2,15,17,18)(H2,23,24,25)/p-2. The molecule has 204 valence electrons. The van der Waals surface area contributed by atoms with Crippen molar-refractivity contribution < 1.29 is 61.7 Å². The van der Waals surface area contributed by atoms with Gasteiger partial charge in [-0.15, -0.1) is 4.31 Å². The Morgan fingerprint density at radius 2 is 1.92 bits per heavy atom. The molecular formula is C14H23N6O13P3-2. The second-order valence-electron chi connectivity index (χ2n) is 7.41. The fraction of sp³-hybridized carbons (Fsp3) is 0.643. The first-order chi connectivity index (χ1) is 16.6. The molecule has 3 heterocycles. The highest BCUT2D eigenvalue weighted by atomic mass is 31.3. The van der Waals surface area contributed by atoms with Crippen LogP contribution in [0.5, 0.6) is 0 Å². The van der Waals surface area contributed by atoms with Gasteiger partial charge in [-0.25, -0.2) is 24.1 Å². The maximum Gasteiger partial charge on any atom is 0.513 e. The zero-order valence-corrected chi connectivity index (χ0v) is 21.1. The lowest BCUT2D eigenvalue weighted by atomic mass is 10.1. The van der Waals surface area contributed by atoms with E-state index in [2.05, 4.69) is 33.4 Å². The van der Waals surface area contributed by atoms with Crippen LogP contribution in [0, 0.1) is 0 Å². The van der Waals surface area contributed by atoms with Crippen molar-refractivity contribution in [3.63, 3.8) is 0 Å². The Labute approximate surface area is 203 Å². The van der Waals surface area contributed by atoms with E-state index in [0.29, 0.717) is 6.54 Å². The van der Waals surface area contributed by atoms with Crippen molar-refractivity contribution in [3.05, 3.63) is 6.33 Å². The van der Waals surface area contributed by atoms with Crippen molar-refractivity contribution in [2.45, 2.75) is 44.3 Å². The summed E-state index contributed by atoms with van der Waals surface area (Å²) in [7, 11) is -17.4. The molecule has 0 spiro atoms. The Morgan fingerprint density at radius 3 is 2.56 bits per heavy atom. The minimum Gasteiger partial charge on any atom is -0.663 e. The Morgan fingerprint density at radius 1 is 1.22 bits per heavy atom. The zero-order chi connectivity index (χ0) is 26.9. The number of aliphatic hydroxyl groups excluding tert-OH is 2. The molecule has 0 aliphatic carbocycles. The number of hydrogen-bond acceptors (Lipinski definition) is 16. The molecular weight excluding hydrogens is 553 g/mol. The van der Waals surface area contributed by atoms with Crippen molar-refractivity contribution in [3.8, 4) is 0 Å². The van der Waals surface area contributed by atoms with E-state index >= 15 is 0 Å². The highest BCUT2D eigenvalue weighted by Gasteiger charge is 2.47. The number of anilines is 2. The molecule has 6 atom stereocenters. The van der Waals surface area contributed by atoms with Gasteiger partial charge in [-0.3, -0.25) is 9.09 Å². The molecule has 7 N–H and O–H groups in total. The van der Waals surface area contributed by atoms with E-state index in [1.165, 1.54) is 4.57 Å². The molecule has 0 radical (unpaired) electrons. The summed E-state index contributed by atoms with van der Waals surface area (Å²) in [5, 5.41) is 24.1. The number of aromatic nitrogens is 4. The number of nitrogens with one attached hydrogen (secondary N) is 1. The van der Waals surface area contributed by atoms with Gasteiger partial charge < -0.3 is 50.5 Å². The lowest BCUT2D eigenvalue weighted by Gasteiger charge is -2.37. The number of nitrogens with two attached hydrogens (primary N) is 1. The van der Waals surface area contributed by atoms with Crippen LogP contribution in [-0.2, 0) is 27.0 Å². The van der Waals surface area contributed by atoms with Crippen LogP contribution in [0.3, 0.4) is 0 Å². The Balaban J connectivity index is 1.78. The number of phosphoric ester groups is 1. The summed E-state index contributed by atoms with van der Waals surface area (Å²) >= 11 is 0. The molecule has 2 aromatic rings. The molecule has 6 unspecified atom stereocenters. The van der Waals surface area contributed by atoms with Gasteiger partial charge in [0, 0.05) is 14.7 Å². The molecule has 0 amide bonds. The van der Waals surface area contributed by atoms with E-state index in [1.54, 1.807) is 0 Å². The molecule has 0 aromatic carbocycles. The zero-order valence-electron chi connectivity index (χ0n) is 18.4. The highest BCUT2D eigenvalue weighted by Crippen LogP contribution is 2.65. The number of ether oxygens (including phenoxy) is 1. The number of unbranched alkanes of at least 4 members (excludes halogenated alkanes) is 1. The quantitative estimate of drug-likeness (QED) is 0.110. The summed E-state index contributed by atoms with van der Waals surface area (Å²) in [5.74, 6) is 0.192. The van der Waals surface area contributed by atoms with E-state index in [9.17, 15) is 38.9 Å². The first kappa shape index (κ1) is 29.2. The van der Waals surface area contributed by atoms with Crippen molar-refractivity contribution in [1.82, 2.24) is 19.5 Å². The second kappa shape index (κ2) is 11.1.